The first-order valence-electron chi connectivity index (χ1n) is 4.57. The average molecular weight is 220 g/mol. The Balaban J connectivity index is 2.52. The van der Waals surface area contributed by atoms with Gasteiger partial charge in [0.15, 0.2) is 9.84 Å². The molecule has 6 heteroatoms. The Morgan fingerprint density at radius 1 is 1.57 bits per heavy atom. The average Bonchev–Trinajstić information content (AvgIpc) is 2.01. The van der Waals surface area contributed by atoms with Gasteiger partial charge in [0.2, 0.25) is 5.91 Å². The van der Waals surface area contributed by atoms with E-state index in [4.69, 9.17) is 0 Å². The predicted molar refractivity (Wildman–Crippen MR) is 53.8 cm³/mol. The summed E-state index contributed by atoms with van der Waals surface area (Å²) in [6, 6.07) is 0.243. The fraction of sp³-hybridized carbons (Fsp3) is 0.875. The van der Waals surface area contributed by atoms with Gasteiger partial charge in [-0.1, -0.05) is 0 Å². The molecule has 0 aromatic rings. The van der Waals surface area contributed by atoms with Gasteiger partial charge in [-0.05, 0) is 6.92 Å². The molecule has 1 aliphatic rings. The Labute approximate surface area is 84.4 Å². The van der Waals surface area contributed by atoms with Crippen molar-refractivity contribution in [1.29, 1.82) is 0 Å². The lowest BCUT2D eigenvalue weighted by Gasteiger charge is -2.31. The maximum atomic E-state index is 11.5. The van der Waals surface area contributed by atoms with Crippen LogP contribution in [0.25, 0.3) is 0 Å². The Morgan fingerprint density at radius 3 is 2.71 bits per heavy atom. The number of piperazine rings is 1. The molecule has 1 saturated heterocycles. The van der Waals surface area contributed by atoms with Gasteiger partial charge < -0.3 is 10.2 Å². The molecule has 1 amide bonds. The summed E-state index contributed by atoms with van der Waals surface area (Å²) >= 11 is 0. The minimum absolute atomic E-state index is 0.243. The van der Waals surface area contributed by atoms with Crippen LogP contribution in [0, 0.1) is 0 Å². The first kappa shape index (κ1) is 11.5. The molecule has 0 aromatic carbocycles. The summed E-state index contributed by atoms with van der Waals surface area (Å²) in [7, 11) is -3.20. The number of nitrogens with zero attached hydrogens (tertiary/aromatic N) is 1. The molecule has 1 heterocycles. The lowest BCUT2D eigenvalue weighted by atomic mass is 10.2. The quantitative estimate of drug-likeness (QED) is 0.638. The normalized spacial score (nSPS) is 23.6. The summed E-state index contributed by atoms with van der Waals surface area (Å²) in [6.07, 6.45) is 1.08. The molecular formula is C8H16N2O3S. The smallest absolute Gasteiger partial charge is 0.237 e. The van der Waals surface area contributed by atoms with E-state index in [1.807, 2.05) is 6.92 Å². The van der Waals surface area contributed by atoms with Gasteiger partial charge in [0.1, 0.15) is 5.75 Å². The van der Waals surface area contributed by atoms with Gasteiger partial charge >= 0.3 is 0 Å². The zero-order valence-corrected chi connectivity index (χ0v) is 9.30. The van der Waals surface area contributed by atoms with Gasteiger partial charge in [0, 0.05) is 31.9 Å². The number of rotatable bonds is 2. The molecule has 1 rings (SSSR count). The lowest BCUT2D eigenvalue weighted by molar-refractivity contribution is -0.129. The molecule has 0 spiro atoms. The number of sulfone groups is 1. The Kier molecular flexibility index (Phi) is 3.49. The molecule has 0 aromatic heterocycles. The fourth-order valence-electron chi connectivity index (χ4n) is 1.47. The third-order valence-corrected chi connectivity index (χ3v) is 2.88. The Bertz CT molecular complexity index is 313. The zero-order valence-electron chi connectivity index (χ0n) is 8.49. The van der Waals surface area contributed by atoms with Crippen molar-refractivity contribution in [2.24, 2.45) is 0 Å². The van der Waals surface area contributed by atoms with Gasteiger partial charge in [-0.25, -0.2) is 8.42 Å². The van der Waals surface area contributed by atoms with Crippen molar-refractivity contribution in [1.82, 2.24) is 10.2 Å². The molecular weight excluding hydrogens is 204 g/mol. The molecule has 14 heavy (non-hydrogen) atoms. The Morgan fingerprint density at radius 2 is 2.21 bits per heavy atom. The molecule has 82 valence electrons. The van der Waals surface area contributed by atoms with Crippen LogP contribution in [0.4, 0.5) is 0 Å². The number of hydrogen-bond acceptors (Lipinski definition) is 4. The SMILES string of the molecule is CC1CN(C(=O)CS(C)(=O)=O)CCN1. The van der Waals surface area contributed by atoms with Gasteiger partial charge in [-0.2, -0.15) is 0 Å². The lowest BCUT2D eigenvalue weighted by Crippen LogP contribution is -2.52. The van der Waals surface area contributed by atoms with Gasteiger partial charge in [0.05, 0.1) is 0 Å². The fourth-order valence-corrected chi connectivity index (χ4v) is 2.11. The highest BCUT2D eigenvalue weighted by Crippen LogP contribution is 2.00. The molecule has 0 aliphatic carbocycles. The number of carbonyl (C=O) groups is 1. The molecule has 1 atom stereocenters. The highest BCUT2D eigenvalue weighted by Gasteiger charge is 2.22. The first-order chi connectivity index (χ1) is 6.38. The van der Waals surface area contributed by atoms with Gasteiger partial charge in [-0.3, -0.25) is 4.79 Å². The third kappa shape index (κ3) is 3.63. The van der Waals surface area contributed by atoms with Crippen LogP contribution in [-0.2, 0) is 14.6 Å². The van der Waals surface area contributed by atoms with E-state index < -0.39 is 9.84 Å². The molecule has 0 radical (unpaired) electrons. The van der Waals surface area contributed by atoms with E-state index in [0.29, 0.717) is 13.1 Å². The molecule has 5 nitrogen and oxygen atoms in total. The molecule has 1 fully saturated rings. The van der Waals surface area contributed by atoms with E-state index in [9.17, 15) is 13.2 Å². The second-order valence-corrected chi connectivity index (χ2v) is 5.91. The van der Waals surface area contributed by atoms with Crippen molar-refractivity contribution < 1.29 is 13.2 Å². The van der Waals surface area contributed by atoms with Crippen molar-refractivity contribution in [3.63, 3.8) is 0 Å². The van der Waals surface area contributed by atoms with Gasteiger partial charge in [-0.15, -0.1) is 0 Å². The van der Waals surface area contributed by atoms with Crippen molar-refractivity contribution >= 4 is 15.7 Å². The summed E-state index contributed by atoms with van der Waals surface area (Å²) in [6.45, 7) is 3.89. The summed E-state index contributed by atoms with van der Waals surface area (Å²) in [4.78, 5) is 13.1. The summed E-state index contributed by atoms with van der Waals surface area (Å²) < 4.78 is 21.8. The topological polar surface area (TPSA) is 66.5 Å². The predicted octanol–water partition coefficient (Wildman–Crippen LogP) is -1.15. The van der Waals surface area contributed by atoms with Crippen LogP contribution in [0.3, 0.4) is 0 Å². The van der Waals surface area contributed by atoms with E-state index in [0.717, 1.165) is 12.8 Å². The number of amides is 1. The highest BCUT2D eigenvalue weighted by molar-refractivity contribution is 7.91. The minimum atomic E-state index is -3.20. The standard InChI is InChI=1S/C8H16N2O3S/c1-7-5-10(4-3-9-7)8(11)6-14(2,12)13/h7,9H,3-6H2,1-2H3. The van der Waals surface area contributed by atoms with Crippen molar-refractivity contribution in [2.75, 3.05) is 31.6 Å². The summed E-state index contributed by atoms with van der Waals surface area (Å²) in [5, 5.41) is 3.19. The molecule has 1 N–H and O–H groups in total. The second-order valence-electron chi connectivity index (χ2n) is 3.77. The van der Waals surface area contributed by atoms with E-state index in [2.05, 4.69) is 5.32 Å². The van der Waals surface area contributed by atoms with Crippen molar-refractivity contribution in [2.45, 2.75) is 13.0 Å². The minimum Gasteiger partial charge on any atom is -0.339 e. The van der Waals surface area contributed by atoms with E-state index >= 15 is 0 Å². The summed E-state index contributed by atoms with van der Waals surface area (Å²) in [5.41, 5.74) is 0. The molecule has 0 saturated carbocycles. The Hall–Kier alpha value is -0.620. The van der Waals surface area contributed by atoms with E-state index in [1.165, 1.54) is 0 Å². The number of nitrogens with one attached hydrogen (secondary N) is 1. The van der Waals surface area contributed by atoms with Crippen LogP contribution < -0.4 is 5.32 Å². The van der Waals surface area contributed by atoms with Crippen LogP contribution in [0.15, 0.2) is 0 Å². The highest BCUT2D eigenvalue weighted by atomic mass is 32.2. The monoisotopic (exact) mass is 220 g/mol. The number of hydrogen-bond donors (Lipinski definition) is 1. The number of carbonyl (C=O) groups excluding carboxylic acids is 1. The van der Waals surface area contributed by atoms with E-state index in [1.54, 1.807) is 4.90 Å². The van der Waals surface area contributed by atoms with Crippen LogP contribution in [0.1, 0.15) is 6.92 Å². The molecule has 1 unspecified atom stereocenters. The van der Waals surface area contributed by atoms with Crippen molar-refractivity contribution in [3.05, 3.63) is 0 Å². The second kappa shape index (κ2) is 4.27. The van der Waals surface area contributed by atoms with Crippen LogP contribution in [-0.4, -0.2) is 56.9 Å². The largest absolute Gasteiger partial charge is 0.339 e. The van der Waals surface area contributed by atoms with Crippen molar-refractivity contribution in [3.8, 4) is 0 Å². The molecule has 0 bridgehead atoms. The summed E-state index contributed by atoms with van der Waals surface area (Å²) in [5.74, 6) is -0.666. The maximum absolute atomic E-state index is 11.5. The van der Waals surface area contributed by atoms with E-state index in [-0.39, 0.29) is 17.7 Å². The first-order valence-corrected chi connectivity index (χ1v) is 6.63. The van der Waals surface area contributed by atoms with Crippen LogP contribution in [0.2, 0.25) is 0 Å². The zero-order chi connectivity index (χ0) is 10.8. The third-order valence-electron chi connectivity index (χ3n) is 2.11. The van der Waals surface area contributed by atoms with Gasteiger partial charge in [0.25, 0.3) is 0 Å². The maximum Gasteiger partial charge on any atom is 0.237 e. The molecule has 1 aliphatic heterocycles. The van der Waals surface area contributed by atoms with Crippen LogP contribution >= 0.6 is 0 Å². The van der Waals surface area contributed by atoms with Crippen LogP contribution in [0.5, 0.6) is 0 Å².